The Kier molecular flexibility index (Phi) is 4.06. The molecule has 0 saturated heterocycles. The van der Waals surface area contributed by atoms with Crippen molar-refractivity contribution >= 4 is 44.6 Å². The van der Waals surface area contributed by atoms with Gasteiger partial charge in [0.1, 0.15) is 15.4 Å². The summed E-state index contributed by atoms with van der Waals surface area (Å²) in [4.78, 5) is 23.1. The van der Waals surface area contributed by atoms with Crippen LogP contribution in [0.15, 0.2) is 60.1 Å². The number of fused-ring (bicyclic) bond motifs is 1. The zero-order valence-corrected chi connectivity index (χ0v) is 14.2. The average Bonchev–Trinajstić information content (AvgIpc) is 3.24. The lowest BCUT2D eigenvalue weighted by molar-refractivity contribution is -0.115. The van der Waals surface area contributed by atoms with Crippen LogP contribution in [0.2, 0.25) is 0 Å². The second kappa shape index (κ2) is 6.51. The van der Waals surface area contributed by atoms with E-state index >= 15 is 0 Å². The van der Waals surface area contributed by atoms with Crippen molar-refractivity contribution < 1.29 is 4.79 Å². The molecular weight excluding hydrogens is 338 g/mol. The highest BCUT2D eigenvalue weighted by atomic mass is 32.1. The molecular formula is C18H13N3OS2. The van der Waals surface area contributed by atoms with Crippen molar-refractivity contribution in [2.75, 3.05) is 5.32 Å². The lowest BCUT2D eigenvalue weighted by atomic mass is 10.2. The number of hydrogen-bond acceptors (Lipinski definition) is 5. The van der Waals surface area contributed by atoms with Crippen LogP contribution in [-0.2, 0) is 11.2 Å². The van der Waals surface area contributed by atoms with Gasteiger partial charge in [0, 0.05) is 22.3 Å². The van der Waals surface area contributed by atoms with Gasteiger partial charge in [-0.1, -0.05) is 29.5 Å². The standard InChI is InChI=1S/C18H13N3OS2/c22-16(11-14-6-3-9-23-14)20-13-5-1-4-12(10-13)17-21-15-7-2-8-19-18(15)24-17/h1-10H,11H2,(H,20,22). The normalized spacial score (nSPS) is 10.8. The maximum Gasteiger partial charge on any atom is 0.229 e. The van der Waals surface area contributed by atoms with Gasteiger partial charge in [0.2, 0.25) is 5.91 Å². The van der Waals surface area contributed by atoms with Gasteiger partial charge in [-0.05, 0) is 35.7 Å². The lowest BCUT2D eigenvalue weighted by Gasteiger charge is -2.05. The quantitative estimate of drug-likeness (QED) is 0.584. The Hall–Kier alpha value is -2.57. The summed E-state index contributed by atoms with van der Waals surface area (Å²) in [6.45, 7) is 0. The molecule has 0 saturated carbocycles. The second-order valence-electron chi connectivity index (χ2n) is 5.23. The average molecular weight is 351 g/mol. The summed E-state index contributed by atoms with van der Waals surface area (Å²) in [7, 11) is 0. The van der Waals surface area contributed by atoms with Crippen LogP contribution in [-0.4, -0.2) is 15.9 Å². The molecule has 1 aromatic carbocycles. The van der Waals surface area contributed by atoms with Crippen LogP contribution >= 0.6 is 22.7 Å². The number of benzene rings is 1. The first-order chi connectivity index (χ1) is 11.8. The van der Waals surface area contributed by atoms with Gasteiger partial charge in [-0.3, -0.25) is 4.79 Å². The van der Waals surface area contributed by atoms with Gasteiger partial charge < -0.3 is 5.32 Å². The summed E-state index contributed by atoms with van der Waals surface area (Å²) in [5, 5.41) is 5.83. The van der Waals surface area contributed by atoms with E-state index in [4.69, 9.17) is 0 Å². The van der Waals surface area contributed by atoms with Crippen molar-refractivity contribution in [2.24, 2.45) is 0 Å². The topological polar surface area (TPSA) is 54.9 Å². The Morgan fingerprint density at radius 2 is 2.08 bits per heavy atom. The molecule has 0 fully saturated rings. The highest BCUT2D eigenvalue weighted by Crippen LogP contribution is 2.30. The minimum atomic E-state index is -0.0134. The van der Waals surface area contributed by atoms with Crippen molar-refractivity contribution in [2.45, 2.75) is 6.42 Å². The predicted octanol–water partition coefficient (Wildman–Crippen LogP) is 4.60. The number of pyridine rings is 1. The molecule has 0 spiro atoms. The first-order valence-electron chi connectivity index (χ1n) is 7.42. The fourth-order valence-corrected chi connectivity index (χ4v) is 4.01. The molecule has 0 unspecified atom stereocenters. The third kappa shape index (κ3) is 3.20. The van der Waals surface area contributed by atoms with E-state index in [9.17, 15) is 4.79 Å². The zero-order chi connectivity index (χ0) is 16.4. The van der Waals surface area contributed by atoms with Crippen LogP contribution < -0.4 is 5.32 Å². The number of carbonyl (C=O) groups excluding carboxylic acids is 1. The number of hydrogen-bond donors (Lipinski definition) is 1. The van der Waals surface area contributed by atoms with E-state index in [0.29, 0.717) is 6.42 Å². The molecule has 4 rings (SSSR count). The first kappa shape index (κ1) is 15.0. The van der Waals surface area contributed by atoms with E-state index in [1.807, 2.05) is 53.9 Å². The number of aromatic nitrogens is 2. The van der Waals surface area contributed by atoms with Crippen molar-refractivity contribution in [1.29, 1.82) is 0 Å². The third-order valence-corrected chi connectivity index (χ3v) is 5.38. The van der Waals surface area contributed by atoms with Gasteiger partial charge in [0.05, 0.1) is 6.42 Å². The van der Waals surface area contributed by atoms with Crippen LogP contribution in [0.3, 0.4) is 0 Å². The number of nitrogens with one attached hydrogen (secondary N) is 1. The molecule has 24 heavy (non-hydrogen) atoms. The minimum absolute atomic E-state index is 0.0134. The summed E-state index contributed by atoms with van der Waals surface area (Å²) in [6, 6.07) is 15.5. The smallest absolute Gasteiger partial charge is 0.229 e. The highest BCUT2D eigenvalue weighted by Gasteiger charge is 2.09. The van der Waals surface area contributed by atoms with Crippen molar-refractivity contribution in [1.82, 2.24) is 9.97 Å². The molecule has 3 heterocycles. The molecule has 0 aliphatic heterocycles. The van der Waals surface area contributed by atoms with Crippen LogP contribution in [0.1, 0.15) is 4.88 Å². The predicted molar refractivity (Wildman–Crippen MR) is 99.5 cm³/mol. The number of amides is 1. The molecule has 4 nitrogen and oxygen atoms in total. The van der Waals surface area contributed by atoms with E-state index in [2.05, 4.69) is 15.3 Å². The van der Waals surface area contributed by atoms with Gasteiger partial charge in [-0.15, -0.1) is 11.3 Å². The summed E-state index contributed by atoms with van der Waals surface area (Å²) >= 11 is 3.14. The van der Waals surface area contributed by atoms with E-state index in [1.165, 1.54) is 0 Å². The SMILES string of the molecule is O=C(Cc1cccs1)Nc1cccc(-c2nc3cccnc3s2)c1. The first-order valence-corrected chi connectivity index (χ1v) is 9.12. The van der Waals surface area contributed by atoms with Crippen LogP contribution in [0.5, 0.6) is 0 Å². The van der Waals surface area contributed by atoms with E-state index in [1.54, 1.807) is 28.9 Å². The second-order valence-corrected chi connectivity index (χ2v) is 7.24. The van der Waals surface area contributed by atoms with E-state index in [0.717, 1.165) is 31.5 Å². The van der Waals surface area contributed by atoms with E-state index in [-0.39, 0.29) is 5.91 Å². The molecule has 4 aromatic rings. The van der Waals surface area contributed by atoms with Crippen molar-refractivity contribution in [3.63, 3.8) is 0 Å². The molecule has 1 amide bonds. The molecule has 0 radical (unpaired) electrons. The zero-order valence-electron chi connectivity index (χ0n) is 12.6. The number of thiophene rings is 1. The van der Waals surface area contributed by atoms with Crippen LogP contribution in [0, 0.1) is 0 Å². The number of rotatable bonds is 4. The Labute approximate surface area is 146 Å². The molecule has 3 aromatic heterocycles. The van der Waals surface area contributed by atoms with Gasteiger partial charge in [0.25, 0.3) is 0 Å². The Balaban J connectivity index is 1.55. The summed E-state index contributed by atoms with van der Waals surface area (Å²) in [6.07, 6.45) is 2.17. The fraction of sp³-hybridized carbons (Fsp3) is 0.0556. The fourth-order valence-electron chi connectivity index (χ4n) is 2.40. The molecule has 0 bridgehead atoms. The summed E-state index contributed by atoms with van der Waals surface area (Å²) < 4.78 is 0. The van der Waals surface area contributed by atoms with Gasteiger partial charge in [-0.25, -0.2) is 9.97 Å². The number of carbonyl (C=O) groups is 1. The lowest BCUT2D eigenvalue weighted by Crippen LogP contribution is -2.13. The molecule has 118 valence electrons. The molecule has 1 N–H and O–H groups in total. The Morgan fingerprint density at radius 1 is 1.12 bits per heavy atom. The third-order valence-electron chi connectivity index (χ3n) is 3.47. The maximum absolute atomic E-state index is 12.1. The molecule has 0 aliphatic rings. The number of nitrogens with zero attached hydrogens (tertiary/aromatic N) is 2. The van der Waals surface area contributed by atoms with Gasteiger partial charge in [0.15, 0.2) is 0 Å². The number of anilines is 1. The minimum Gasteiger partial charge on any atom is -0.326 e. The van der Waals surface area contributed by atoms with E-state index < -0.39 is 0 Å². The van der Waals surface area contributed by atoms with Gasteiger partial charge >= 0.3 is 0 Å². The molecule has 0 atom stereocenters. The van der Waals surface area contributed by atoms with Crippen LogP contribution in [0.25, 0.3) is 20.9 Å². The monoisotopic (exact) mass is 351 g/mol. The maximum atomic E-state index is 12.1. The van der Waals surface area contributed by atoms with Gasteiger partial charge in [-0.2, -0.15) is 0 Å². The molecule has 0 aliphatic carbocycles. The largest absolute Gasteiger partial charge is 0.326 e. The Morgan fingerprint density at radius 3 is 2.92 bits per heavy atom. The summed E-state index contributed by atoms with van der Waals surface area (Å²) in [5.41, 5.74) is 2.65. The van der Waals surface area contributed by atoms with Crippen molar-refractivity contribution in [3.05, 3.63) is 65.0 Å². The Bertz CT molecular complexity index is 959. The highest BCUT2D eigenvalue weighted by molar-refractivity contribution is 7.21. The number of thiazole rings is 1. The molecule has 6 heteroatoms. The summed E-state index contributed by atoms with van der Waals surface area (Å²) in [5.74, 6) is -0.0134. The van der Waals surface area contributed by atoms with Crippen LogP contribution in [0.4, 0.5) is 5.69 Å². The van der Waals surface area contributed by atoms with Crippen molar-refractivity contribution in [3.8, 4) is 10.6 Å².